The third kappa shape index (κ3) is 3.20. The van der Waals surface area contributed by atoms with Gasteiger partial charge in [0.1, 0.15) is 0 Å². The molecule has 0 saturated carbocycles. The van der Waals surface area contributed by atoms with E-state index in [4.69, 9.17) is 0 Å². The normalized spacial score (nSPS) is 11.9. The number of carbonyl (C=O) groups excluding carboxylic acids is 1. The Morgan fingerprint density at radius 2 is 2.00 bits per heavy atom. The van der Waals surface area contributed by atoms with Crippen LogP contribution < -0.4 is 5.32 Å². The van der Waals surface area contributed by atoms with Gasteiger partial charge < -0.3 is 5.32 Å². The lowest BCUT2D eigenvalue weighted by atomic mass is 10.1. The van der Waals surface area contributed by atoms with E-state index < -0.39 is 0 Å². The molecule has 2 aromatic rings. The van der Waals surface area contributed by atoms with Gasteiger partial charge in [0.05, 0.1) is 5.56 Å². The number of aryl methyl sites for hydroxylation is 1. The van der Waals surface area contributed by atoms with Gasteiger partial charge in [-0.05, 0) is 37.6 Å². The van der Waals surface area contributed by atoms with Crippen molar-refractivity contribution < 1.29 is 4.79 Å². The van der Waals surface area contributed by atoms with Crippen LogP contribution in [-0.4, -0.2) is 10.9 Å². The molecule has 1 N–H and O–H groups in total. The number of nitrogens with one attached hydrogen (secondary N) is 1. The van der Waals surface area contributed by atoms with E-state index in [1.54, 1.807) is 18.3 Å². The molecule has 98 valence electrons. The Hall–Kier alpha value is -1.68. The predicted molar refractivity (Wildman–Crippen MR) is 80.7 cm³/mol. The molecule has 4 heteroatoms. The maximum Gasteiger partial charge on any atom is 0.257 e. The number of halogens is 1. The molecule has 1 atom stereocenters. The van der Waals surface area contributed by atoms with Crippen molar-refractivity contribution in [1.82, 2.24) is 4.98 Å². The first kappa shape index (κ1) is 13.7. The van der Waals surface area contributed by atoms with E-state index in [1.807, 2.05) is 38.1 Å². The van der Waals surface area contributed by atoms with E-state index >= 15 is 0 Å². The average Bonchev–Trinajstić information content (AvgIpc) is 2.39. The number of anilines is 1. The molecule has 0 aliphatic heterocycles. The fourth-order valence-corrected chi connectivity index (χ4v) is 2.27. The van der Waals surface area contributed by atoms with Crippen molar-refractivity contribution in [1.29, 1.82) is 0 Å². The van der Waals surface area contributed by atoms with Gasteiger partial charge in [0.15, 0.2) is 0 Å². The van der Waals surface area contributed by atoms with E-state index in [9.17, 15) is 4.79 Å². The number of benzene rings is 1. The molecule has 1 heterocycles. The Kier molecular flexibility index (Phi) is 4.32. The molecule has 0 aliphatic rings. The summed E-state index contributed by atoms with van der Waals surface area (Å²) in [5.74, 6) is -0.133. The van der Waals surface area contributed by atoms with Crippen LogP contribution in [0.4, 0.5) is 5.69 Å². The van der Waals surface area contributed by atoms with Crippen molar-refractivity contribution in [2.75, 3.05) is 5.32 Å². The summed E-state index contributed by atoms with van der Waals surface area (Å²) in [7, 11) is 0. The molecule has 0 spiro atoms. The van der Waals surface area contributed by atoms with Crippen LogP contribution in [0.25, 0.3) is 0 Å². The van der Waals surface area contributed by atoms with E-state index in [-0.39, 0.29) is 10.7 Å². The molecule has 2 rings (SSSR count). The lowest BCUT2D eigenvalue weighted by molar-refractivity contribution is 0.102. The van der Waals surface area contributed by atoms with Crippen LogP contribution >= 0.6 is 15.9 Å². The zero-order valence-corrected chi connectivity index (χ0v) is 12.4. The molecule has 0 fully saturated rings. The molecule has 3 nitrogen and oxygen atoms in total. The first-order valence-corrected chi connectivity index (χ1v) is 6.97. The van der Waals surface area contributed by atoms with Gasteiger partial charge in [0.2, 0.25) is 0 Å². The van der Waals surface area contributed by atoms with Gasteiger partial charge in [0.25, 0.3) is 5.91 Å². The highest BCUT2D eigenvalue weighted by atomic mass is 79.9. The van der Waals surface area contributed by atoms with Crippen molar-refractivity contribution in [2.45, 2.75) is 18.7 Å². The van der Waals surface area contributed by atoms with Crippen LogP contribution in [-0.2, 0) is 0 Å². The van der Waals surface area contributed by atoms with Crippen LogP contribution in [0.1, 0.15) is 33.4 Å². The highest BCUT2D eigenvalue weighted by molar-refractivity contribution is 9.09. The van der Waals surface area contributed by atoms with Gasteiger partial charge in [-0.3, -0.25) is 9.78 Å². The SMILES string of the molecule is Cc1ncccc1C(=O)Nc1ccccc1C(C)Br. The quantitative estimate of drug-likeness (QED) is 0.866. The first-order chi connectivity index (χ1) is 9.09. The lowest BCUT2D eigenvalue weighted by Crippen LogP contribution is -2.15. The van der Waals surface area contributed by atoms with Crippen LogP contribution in [0.2, 0.25) is 0 Å². The fraction of sp³-hybridized carbons (Fsp3) is 0.200. The largest absolute Gasteiger partial charge is 0.322 e. The van der Waals surface area contributed by atoms with Crippen molar-refractivity contribution in [3.63, 3.8) is 0 Å². The lowest BCUT2D eigenvalue weighted by Gasteiger charge is -2.13. The van der Waals surface area contributed by atoms with Crippen molar-refractivity contribution in [3.8, 4) is 0 Å². The van der Waals surface area contributed by atoms with Crippen LogP contribution in [0, 0.1) is 6.92 Å². The Labute approximate surface area is 121 Å². The van der Waals surface area contributed by atoms with Gasteiger partial charge >= 0.3 is 0 Å². The van der Waals surface area contributed by atoms with Crippen molar-refractivity contribution in [2.24, 2.45) is 0 Å². The number of alkyl halides is 1. The first-order valence-electron chi connectivity index (χ1n) is 6.05. The monoisotopic (exact) mass is 318 g/mol. The molecule has 19 heavy (non-hydrogen) atoms. The van der Waals surface area contributed by atoms with Crippen LogP contribution in [0.3, 0.4) is 0 Å². The highest BCUT2D eigenvalue weighted by Gasteiger charge is 2.13. The van der Waals surface area contributed by atoms with E-state index in [0.29, 0.717) is 5.56 Å². The van der Waals surface area contributed by atoms with Crippen molar-refractivity contribution >= 4 is 27.5 Å². The molecule has 0 bridgehead atoms. The highest BCUT2D eigenvalue weighted by Crippen LogP contribution is 2.28. The molecule has 1 aromatic heterocycles. The predicted octanol–water partition coefficient (Wildman–Crippen LogP) is 4.10. The average molecular weight is 319 g/mol. The van der Waals surface area contributed by atoms with Crippen LogP contribution in [0.15, 0.2) is 42.6 Å². The van der Waals surface area contributed by atoms with Gasteiger partial charge in [-0.25, -0.2) is 0 Å². The minimum Gasteiger partial charge on any atom is -0.322 e. The number of hydrogen-bond acceptors (Lipinski definition) is 2. The Balaban J connectivity index is 2.27. The molecule has 1 aromatic carbocycles. The third-order valence-electron chi connectivity index (χ3n) is 2.89. The number of para-hydroxylation sites is 1. The topological polar surface area (TPSA) is 42.0 Å². The van der Waals surface area contributed by atoms with Crippen LogP contribution in [0.5, 0.6) is 0 Å². The molecular weight excluding hydrogens is 304 g/mol. The number of pyridine rings is 1. The second-order valence-electron chi connectivity index (χ2n) is 4.29. The number of aromatic nitrogens is 1. The second kappa shape index (κ2) is 5.97. The van der Waals surface area contributed by atoms with E-state index in [2.05, 4.69) is 26.2 Å². The summed E-state index contributed by atoms with van der Waals surface area (Å²) >= 11 is 3.53. The summed E-state index contributed by atoms with van der Waals surface area (Å²) in [6.45, 7) is 3.86. The molecular formula is C15H15BrN2O. The minimum atomic E-state index is -0.133. The standard InChI is InChI=1S/C15H15BrN2O/c1-10(16)12-6-3-4-8-14(12)18-15(19)13-7-5-9-17-11(13)2/h3-10H,1-2H3,(H,18,19). The smallest absolute Gasteiger partial charge is 0.257 e. The zero-order valence-electron chi connectivity index (χ0n) is 10.9. The summed E-state index contributed by atoms with van der Waals surface area (Å²) in [6.07, 6.45) is 1.68. The molecule has 0 radical (unpaired) electrons. The second-order valence-corrected chi connectivity index (χ2v) is 5.67. The molecule has 0 saturated heterocycles. The van der Waals surface area contributed by atoms with E-state index in [0.717, 1.165) is 16.9 Å². The minimum absolute atomic E-state index is 0.133. The number of nitrogens with zero attached hydrogens (tertiary/aromatic N) is 1. The number of carbonyl (C=O) groups is 1. The summed E-state index contributed by atoms with van der Waals surface area (Å²) in [5.41, 5.74) is 3.20. The van der Waals surface area contributed by atoms with Crippen molar-refractivity contribution in [3.05, 3.63) is 59.4 Å². The summed E-state index contributed by atoms with van der Waals surface area (Å²) < 4.78 is 0. The maximum atomic E-state index is 12.2. The summed E-state index contributed by atoms with van der Waals surface area (Å²) in [4.78, 5) is 16.6. The molecule has 1 amide bonds. The van der Waals surface area contributed by atoms with E-state index in [1.165, 1.54) is 0 Å². The molecule has 0 aliphatic carbocycles. The Bertz CT molecular complexity index is 596. The van der Waals surface area contributed by atoms with Gasteiger partial charge in [-0.1, -0.05) is 34.1 Å². The number of amides is 1. The number of rotatable bonds is 3. The third-order valence-corrected chi connectivity index (χ3v) is 3.38. The summed E-state index contributed by atoms with van der Waals surface area (Å²) in [6, 6.07) is 11.3. The summed E-state index contributed by atoms with van der Waals surface area (Å²) in [5, 5.41) is 2.94. The fourth-order valence-electron chi connectivity index (χ4n) is 1.87. The molecule has 1 unspecified atom stereocenters. The van der Waals surface area contributed by atoms with Gasteiger partial charge in [-0.15, -0.1) is 0 Å². The van der Waals surface area contributed by atoms with Gasteiger partial charge in [-0.2, -0.15) is 0 Å². The number of hydrogen-bond donors (Lipinski definition) is 1. The van der Waals surface area contributed by atoms with Gasteiger partial charge in [0, 0.05) is 22.4 Å². The Morgan fingerprint density at radius 1 is 1.26 bits per heavy atom. The Morgan fingerprint density at radius 3 is 2.68 bits per heavy atom. The maximum absolute atomic E-state index is 12.2. The zero-order chi connectivity index (χ0) is 13.8.